The molecule has 0 bridgehead atoms. The van der Waals surface area contributed by atoms with E-state index in [-0.39, 0.29) is 18.2 Å². The fourth-order valence-corrected chi connectivity index (χ4v) is 3.97. The van der Waals surface area contributed by atoms with Gasteiger partial charge in [0.15, 0.2) is 0 Å². The summed E-state index contributed by atoms with van der Waals surface area (Å²) in [6, 6.07) is -0.863. The molecule has 0 spiro atoms. The van der Waals surface area contributed by atoms with Gasteiger partial charge in [-0.05, 0) is 32.1 Å². The molecule has 2 unspecified atom stereocenters. The van der Waals surface area contributed by atoms with Crippen LogP contribution < -0.4 is 5.32 Å². The van der Waals surface area contributed by atoms with Crippen LogP contribution in [0.5, 0.6) is 0 Å². The molecule has 2 N–H and O–H groups in total. The van der Waals surface area contributed by atoms with Crippen LogP contribution in [0.25, 0.3) is 0 Å². The number of carbonyl (C=O) groups is 2. The molecule has 1 amide bonds. The maximum Gasteiger partial charge on any atom is 0.326 e. The van der Waals surface area contributed by atoms with E-state index in [4.69, 9.17) is 0 Å². The molecule has 1 heterocycles. The summed E-state index contributed by atoms with van der Waals surface area (Å²) in [7, 11) is -3.30. The number of carbonyl (C=O) groups excluding carboxylic acids is 1. The molecule has 0 radical (unpaired) electrons. The van der Waals surface area contributed by atoms with Crippen LogP contribution >= 0.6 is 0 Å². The zero-order valence-corrected chi connectivity index (χ0v) is 13.6. The van der Waals surface area contributed by atoms with Crippen LogP contribution in [0.1, 0.15) is 39.0 Å². The van der Waals surface area contributed by atoms with Crippen LogP contribution in [0.15, 0.2) is 0 Å². The van der Waals surface area contributed by atoms with E-state index in [0.29, 0.717) is 31.7 Å². The lowest BCUT2D eigenvalue weighted by Crippen LogP contribution is -2.49. The van der Waals surface area contributed by atoms with Gasteiger partial charge >= 0.3 is 5.97 Å². The molecule has 1 saturated heterocycles. The third kappa shape index (κ3) is 4.42. The zero-order valence-electron chi connectivity index (χ0n) is 12.8. The lowest BCUT2D eigenvalue weighted by Gasteiger charge is -2.31. The highest BCUT2D eigenvalue weighted by molar-refractivity contribution is 7.89. The minimum atomic E-state index is -3.30. The van der Waals surface area contributed by atoms with E-state index >= 15 is 0 Å². The van der Waals surface area contributed by atoms with Crippen molar-refractivity contribution in [3.05, 3.63) is 0 Å². The quantitative estimate of drug-likeness (QED) is 0.703. The molecule has 2 aliphatic rings. The van der Waals surface area contributed by atoms with Gasteiger partial charge in [0.05, 0.1) is 11.7 Å². The fourth-order valence-electron chi connectivity index (χ4n) is 2.79. The van der Waals surface area contributed by atoms with Crippen molar-refractivity contribution in [2.24, 2.45) is 11.8 Å². The van der Waals surface area contributed by atoms with Crippen LogP contribution in [-0.2, 0) is 19.6 Å². The molecule has 0 aromatic carbocycles. The summed E-state index contributed by atoms with van der Waals surface area (Å²) in [4.78, 5) is 23.5. The van der Waals surface area contributed by atoms with Gasteiger partial charge in [-0.2, -0.15) is 0 Å². The molecule has 8 heteroatoms. The SMILES string of the molecule is CCS(=O)(=O)N1CCCC(C(=O)NC(CC2CC2)C(=O)O)C1. The second-order valence-electron chi connectivity index (χ2n) is 6.18. The first-order valence-corrected chi connectivity index (χ1v) is 9.45. The maximum atomic E-state index is 12.3. The summed E-state index contributed by atoms with van der Waals surface area (Å²) < 4.78 is 25.2. The predicted molar refractivity (Wildman–Crippen MR) is 80.7 cm³/mol. The van der Waals surface area contributed by atoms with Gasteiger partial charge in [0.2, 0.25) is 15.9 Å². The third-order valence-electron chi connectivity index (χ3n) is 4.39. The Bertz CT molecular complexity index is 529. The number of carboxylic acid groups (broad SMARTS) is 1. The third-order valence-corrected chi connectivity index (χ3v) is 6.24. The lowest BCUT2D eigenvalue weighted by atomic mass is 9.98. The van der Waals surface area contributed by atoms with Crippen LogP contribution in [0.3, 0.4) is 0 Å². The van der Waals surface area contributed by atoms with Crippen molar-refractivity contribution in [1.29, 1.82) is 0 Å². The van der Waals surface area contributed by atoms with Gasteiger partial charge < -0.3 is 10.4 Å². The average molecular weight is 332 g/mol. The van der Waals surface area contributed by atoms with Crippen molar-refractivity contribution in [2.45, 2.75) is 45.1 Å². The van der Waals surface area contributed by atoms with Crippen molar-refractivity contribution in [1.82, 2.24) is 9.62 Å². The van der Waals surface area contributed by atoms with E-state index in [9.17, 15) is 23.1 Å². The molecular weight excluding hydrogens is 308 g/mol. The van der Waals surface area contributed by atoms with Gasteiger partial charge in [-0.15, -0.1) is 0 Å². The molecule has 0 aromatic rings. The number of amides is 1. The van der Waals surface area contributed by atoms with E-state index in [1.54, 1.807) is 6.92 Å². The monoisotopic (exact) mass is 332 g/mol. The van der Waals surface area contributed by atoms with Gasteiger partial charge in [0.25, 0.3) is 0 Å². The Kier molecular flexibility index (Phi) is 5.44. The Hall–Kier alpha value is -1.15. The van der Waals surface area contributed by atoms with Crippen molar-refractivity contribution in [2.75, 3.05) is 18.8 Å². The Labute approximate surface area is 131 Å². The van der Waals surface area contributed by atoms with Crippen LogP contribution in [0.4, 0.5) is 0 Å². The fraction of sp³-hybridized carbons (Fsp3) is 0.857. The van der Waals surface area contributed by atoms with E-state index in [1.807, 2.05) is 0 Å². The summed E-state index contributed by atoms with van der Waals surface area (Å²) in [6.45, 7) is 2.16. The number of sulfonamides is 1. The number of nitrogens with zero attached hydrogens (tertiary/aromatic N) is 1. The summed E-state index contributed by atoms with van der Waals surface area (Å²) >= 11 is 0. The van der Waals surface area contributed by atoms with Crippen molar-refractivity contribution < 1.29 is 23.1 Å². The van der Waals surface area contributed by atoms with Crippen molar-refractivity contribution >= 4 is 21.9 Å². The average Bonchev–Trinajstić information content (AvgIpc) is 3.30. The number of hydrogen-bond acceptors (Lipinski definition) is 4. The maximum absolute atomic E-state index is 12.3. The number of rotatable bonds is 7. The first-order valence-electron chi connectivity index (χ1n) is 7.84. The van der Waals surface area contributed by atoms with Gasteiger partial charge in [0, 0.05) is 13.1 Å². The molecule has 1 aliphatic carbocycles. The Morgan fingerprint density at radius 2 is 2.00 bits per heavy atom. The second kappa shape index (κ2) is 6.95. The lowest BCUT2D eigenvalue weighted by molar-refractivity contribution is -0.143. The standard InChI is InChI=1S/C14H24N2O5S/c1-2-22(20,21)16-7-3-4-11(9-16)13(17)15-12(14(18)19)8-10-5-6-10/h10-12H,2-9H2,1H3,(H,15,17)(H,18,19). The topological polar surface area (TPSA) is 104 Å². The van der Waals surface area contributed by atoms with E-state index in [0.717, 1.165) is 12.8 Å². The predicted octanol–water partition coefficient (Wildman–Crippen LogP) is 0.418. The second-order valence-corrected chi connectivity index (χ2v) is 8.43. The minimum absolute atomic E-state index is 0.0147. The summed E-state index contributed by atoms with van der Waals surface area (Å²) in [6.07, 6.45) is 3.72. The molecule has 1 aliphatic heterocycles. The van der Waals surface area contributed by atoms with Crippen LogP contribution in [0, 0.1) is 11.8 Å². The Balaban J connectivity index is 1.94. The molecular formula is C14H24N2O5S. The van der Waals surface area contributed by atoms with E-state index in [2.05, 4.69) is 5.32 Å². The van der Waals surface area contributed by atoms with E-state index < -0.39 is 28.0 Å². The molecule has 2 atom stereocenters. The van der Waals surface area contributed by atoms with E-state index in [1.165, 1.54) is 4.31 Å². The van der Waals surface area contributed by atoms with Crippen molar-refractivity contribution in [3.8, 4) is 0 Å². The largest absolute Gasteiger partial charge is 0.480 e. The van der Waals surface area contributed by atoms with Gasteiger partial charge in [-0.3, -0.25) is 4.79 Å². The number of aliphatic carboxylic acids is 1. The summed E-state index contributed by atoms with van der Waals surface area (Å²) in [5.41, 5.74) is 0. The van der Waals surface area contributed by atoms with Crippen molar-refractivity contribution in [3.63, 3.8) is 0 Å². The summed E-state index contributed by atoms with van der Waals surface area (Å²) in [5, 5.41) is 11.8. The Morgan fingerprint density at radius 1 is 1.32 bits per heavy atom. The van der Waals surface area contributed by atoms with Gasteiger partial charge in [0.1, 0.15) is 6.04 Å². The van der Waals surface area contributed by atoms with Crippen LogP contribution in [-0.4, -0.2) is 54.6 Å². The highest BCUT2D eigenvalue weighted by Crippen LogP contribution is 2.33. The number of hydrogen-bond donors (Lipinski definition) is 2. The minimum Gasteiger partial charge on any atom is -0.480 e. The highest BCUT2D eigenvalue weighted by Gasteiger charge is 2.35. The zero-order chi connectivity index (χ0) is 16.3. The van der Waals surface area contributed by atoms with Crippen LogP contribution in [0.2, 0.25) is 0 Å². The summed E-state index contributed by atoms with van der Waals surface area (Å²) in [5.74, 6) is -1.42. The van der Waals surface area contributed by atoms with Gasteiger partial charge in [-0.25, -0.2) is 17.5 Å². The first kappa shape index (κ1) is 17.2. The molecule has 7 nitrogen and oxygen atoms in total. The highest BCUT2D eigenvalue weighted by atomic mass is 32.2. The smallest absolute Gasteiger partial charge is 0.326 e. The molecule has 22 heavy (non-hydrogen) atoms. The molecule has 2 fully saturated rings. The normalized spacial score (nSPS) is 24.7. The number of carboxylic acids is 1. The number of piperidine rings is 1. The molecule has 126 valence electrons. The Morgan fingerprint density at radius 3 is 2.55 bits per heavy atom. The van der Waals surface area contributed by atoms with Gasteiger partial charge in [-0.1, -0.05) is 12.8 Å². The number of nitrogens with one attached hydrogen (secondary N) is 1. The first-order chi connectivity index (χ1) is 10.3. The molecule has 0 aromatic heterocycles. The molecule has 1 saturated carbocycles. The molecule has 2 rings (SSSR count).